The van der Waals surface area contributed by atoms with E-state index < -0.39 is 5.97 Å². The Morgan fingerprint density at radius 1 is 0.550 bits per heavy atom. The Kier molecular flexibility index (Phi) is 32.4. The van der Waals surface area contributed by atoms with Crippen molar-refractivity contribution in [1.29, 1.82) is 0 Å². The van der Waals surface area contributed by atoms with Gasteiger partial charge in [0.2, 0.25) is 5.91 Å². The summed E-state index contributed by atoms with van der Waals surface area (Å²) >= 11 is 18.8. The van der Waals surface area contributed by atoms with Gasteiger partial charge in [-0.1, -0.05) is 43.3 Å². The van der Waals surface area contributed by atoms with Crippen molar-refractivity contribution < 1.29 is 72.5 Å². The van der Waals surface area contributed by atoms with Crippen LogP contribution in [0.4, 0.5) is 11.6 Å². The van der Waals surface area contributed by atoms with Gasteiger partial charge in [0.25, 0.3) is 17.7 Å². The number of nitrogens with one attached hydrogen (secondary N) is 1. The summed E-state index contributed by atoms with van der Waals surface area (Å²) in [5.74, 6) is 2.42. The average molecular weight is 1720 g/mol. The van der Waals surface area contributed by atoms with Crippen molar-refractivity contribution >= 4 is 127 Å². The van der Waals surface area contributed by atoms with E-state index >= 15 is 0 Å². The van der Waals surface area contributed by atoms with Crippen LogP contribution < -0.4 is 41.5 Å². The highest BCUT2D eigenvalue weighted by Gasteiger charge is 2.30. The number of pyridine rings is 2. The topological polar surface area (TPSA) is 336 Å². The number of carboxylic acid groups (broad SMARTS) is 1. The first-order valence-corrected chi connectivity index (χ1v) is 38.8. The number of hydrogen-bond acceptors (Lipinski definition) is 19. The van der Waals surface area contributed by atoms with Crippen LogP contribution in [0.1, 0.15) is 72.2 Å². The zero-order chi connectivity index (χ0) is 77.9. The molecule has 3 saturated heterocycles. The molecule has 0 aliphatic carbocycles. The van der Waals surface area contributed by atoms with Crippen molar-refractivity contribution in [2.24, 2.45) is 5.73 Å². The first-order valence-electron chi connectivity index (χ1n) is 35.0. The van der Waals surface area contributed by atoms with Gasteiger partial charge in [-0.2, -0.15) is 0 Å². The number of amides is 4. The Balaban J connectivity index is 0.000000170. The molecule has 3 fully saturated rings. The van der Waals surface area contributed by atoms with E-state index in [1.54, 1.807) is 72.8 Å². The average Bonchev–Trinajstić information content (AvgIpc) is 1.71. The molecule has 8 heterocycles. The molecule has 8 aromatic rings. The fraction of sp³-hybridized carbons (Fsp3) is 0.304. The van der Waals surface area contributed by atoms with Gasteiger partial charge in [-0.15, -0.1) is 70.5 Å². The summed E-state index contributed by atoms with van der Waals surface area (Å²) < 4.78 is 39.3. The van der Waals surface area contributed by atoms with Gasteiger partial charge in [-0.05, 0) is 160 Å². The van der Waals surface area contributed by atoms with E-state index in [0.717, 1.165) is 80.5 Å². The lowest BCUT2D eigenvalue weighted by Crippen LogP contribution is -2.40. The molecule has 6 aromatic carbocycles. The number of carbonyl (C=O) groups excluding carboxylic acids is 4. The molecule has 0 radical (unpaired) electrons. The molecule has 24 nitrogen and oxygen atoms in total. The lowest BCUT2D eigenvalue weighted by Gasteiger charge is -2.26. The lowest BCUT2D eigenvalue weighted by atomic mass is 9.99. The van der Waals surface area contributed by atoms with Crippen molar-refractivity contribution in [3.63, 3.8) is 0 Å². The highest BCUT2D eigenvalue weighted by atomic mass is 79.9. The molecule has 3 unspecified atom stereocenters. The van der Waals surface area contributed by atoms with Gasteiger partial charge in [0.15, 0.2) is 34.5 Å². The van der Waals surface area contributed by atoms with Crippen molar-refractivity contribution in [2.75, 3.05) is 116 Å². The number of nitrogen functional groups attached to an aromatic ring is 2. The molecule has 6 aliphatic heterocycles. The third-order valence-corrected chi connectivity index (χ3v) is 17.8. The van der Waals surface area contributed by atoms with Crippen LogP contribution in [0.3, 0.4) is 0 Å². The number of alkyl halides is 2. The number of aromatic hydroxyl groups is 2. The van der Waals surface area contributed by atoms with Crippen molar-refractivity contribution in [3.05, 3.63) is 203 Å². The number of phenolic OH excluding ortho intramolecular Hbond substituents is 2. The van der Waals surface area contributed by atoms with E-state index in [2.05, 4.69) is 75.5 Å². The number of nitrogens with two attached hydrogens (primary N) is 3. The minimum absolute atomic E-state index is 0.00954. The largest absolute Gasteiger partial charge is 0.504 e. The molecule has 3 atom stereocenters. The smallest absolute Gasteiger partial charge is 0.369 e. The number of methoxy groups -OCH3 is 1. The van der Waals surface area contributed by atoms with Gasteiger partial charge < -0.3 is 85.7 Å². The van der Waals surface area contributed by atoms with Crippen LogP contribution in [0, 0.1) is 0 Å². The molecule has 0 bridgehead atoms. The number of aliphatic carboxylic acids is 1. The number of ether oxygens (including phenoxy) is 7. The molecule has 10 N–H and O–H groups in total. The monoisotopic (exact) mass is 1720 g/mol. The first kappa shape index (κ1) is 83.8. The lowest BCUT2D eigenvalue weighted by molar-refractivity contribution is -0.131. The summed E-state index contributed by atoms with van der Waals surface area (Å²) in [6.07, 6.45) is 11.7. The van der Waals surface area contributed by atoms with Crippen molar-refractivity contribution in [3.8, 4) is 67.9 Å². The van der Waals surface area contributed by atoms with Gasteiger partial charge in [0.1, 0.15) is 29.9 Å². The first-order chi connectivity index (χ1) is 52.6. The van der Waals surface area contributed by atoms with Crippen LogP contribution in [0.25, 0.3) is 45.5 Å². The minimum atomic E-state index is -0.980. The van der Waals surface area contributed by atoms with Crippen molar-refractivity contribution in [1.82, 2.24) is 30.0 Å². The highest BCUT2D eigenvalue weighted by molar-refractivity contribution is 9.69. The van der Waals surface area contributed by atoms with Gasteiger partial charge in [0.05, 0.1) is 58.6 Å². The minimum Gasteiger partial charge on any atom is -0.504 e. The molecule has 574 valence electrons. The molecule has 14 rings (SSSR count). The Bertz CT molecular complexity index is 4440. The Morgan fingerprint density at radius 2 is 0.963 bits per heavy atom. The fourth-order valence-electron chi connectivity index (χ4n) is 12.3. The highest BCUT2D eigenvalue weighted by Crippen LogP contribution is 2.44. The SMILES string of the molecule is BrB(Br)Br.CCC1Cc2cc(-c3ccc(C(=O)N4CCOCC4)cc3)cc(OC)c2O1.ClCCl.NCC1Cc2cc(-c3ccc(C(=O)N4CCOCC4)cc3)cc(O)c2O1.Nc1cc(/C=C/C(=O)NCC2Cc3cc(-c4ccc(C(=O)N5CCOCC5)cc4)cc(O)c3O2)ccn1.Nc1ccc(/C=C/C(=O)O)cn1. The van der Waals surface area contributed by atoms with Crippen LogP contribution in [-0.4, -0.2) is 196 Å². The molecular weight excluding hydrogens is 1640 g/mol. The van der Waals surface area contributed by atoms with Crippen LogP contribution >= 0.6 is 70.5 Å². The molecule has 4 amide bonds. The number of morpholine rings is 3. The molecule has 109 heavy (non-hydrogen) atoms. The third-order valence-electron chi connectivity index (χ3n) is 17.8. The van der Waals surface area contributed by atoms with Crippen LogP contribution in [0.5, 0.6) is 34.5 Å². The Hall–Kier alpha value is -9.23. The van der Waals surface area contributed by atoms with Gasteiger partial charge >= 0.3 is 9.15 Å². The number of benzene rings is 6. The summed E-state index contributed by atoms with van der Waals surface area (Å²) in [6, 6.07) is 40.9. The molecular formula is C79H85BBr3Cl2N9O15. The molecule has 2 aromatic heterocycles. The van der Waals surface area contributed by atoms with E-state index in [4.69, 9.17) is 78.7 Å². The maximum absolute atomic E-state index is 12.7. The van der Waals surface area contributed by atoms with E-state index in [1.165, 1.54) is 23.9 Å². The molecule has 30 heteroatoms. The van der Waals surface area contributed by atoms with E-state index in [9.17, 15) is 34.2 Å². The predicted octanol–water partition coefficient (Wildman–Crippen LogP) is 12.3. The predicted molar refractivity (Wildman–Crippen MR) is 435 cm³/mol. The summed E-state index contributed by atoms with van der Waals surface area (Å²) in [6.45, 7) is 10.1. The van der Waals surface area contributed by atoms with Crippen LogP contribution in [0.15, 0.2) is 158 Å². The summed E-state index contributed by atoms with van der Waals surface area (Å²) in [4.78, 5) is 73.3. The van der Waals surface area contributed by atoms with E-state index in [-0.39, 0.29) is 62.0 Å². The third kappa shape index (κ3) is 24.6. The van der Waals surface area contributed by atoms with Crippen molar-refractivity contribution in [2.45, 2.75) is 50.9 Å². The number of nitrogens with zero attached hydrogens (tertiary/aromatic N) is 5. The maximum atomic E-state index is 12.7. The summed E-state index contributed by atoms with van der Waals surface area (Å²) in [5.41, 5.74) is 28.8. The molecule has 0 spiro atoms. The summed E-state index contributed by atoms with van der Waals surface area (Å²) in [5, 5.41) is 32.2. The van der Waals surface area contributed by atoms with E-state index in [1.807, 2.05) is 88.7 Å². The fourth-order valence-corrected chi connectivity index (χ4v) is 12.3. The number of phenols is 2. The number of carbonyl (C=O) groups is 5. The number of rotatable bonds is 15. The zero-order valence-corrected chi connectivity index (χ0v) is 66.3. The normalized spacial score (nSPS) is 16.5. The quantitative estimate of drug-likeness (QED) is 0.0285. The van der Waals surface area contributed by atoms with E-state index in [0.29, 0.717) is 150 Å². The number of anilines is 2. The molecule has 0 saturated carbocycles. The number of halogens is 5. The number of fused-ring (bicyclic) bond motifs is 3. The maximum Gasteiger partial charge on any atom is 0.369 e. The second-order valence-electron chi connectivity index (χ2n) is 25.2. The standard InChI is InChI=1S/C28H28N4O5.C22H25NO4.C20H22N2O4.C8H8N2O2.CH2Cl2.BBr3/c29-25-13-18(7-8-30-25)1-6-26(34)31-17-23-15-22-14-21(16-24(33)27(22)37-23)19-2-4-20(5-3-19)28(35)32-9-11-36-12-10-32;1-3-19-13-18-12-17(14-20(25-2)21(18)27-19)15-4-6-16(7-5-15)22(24)23-8-10-26-11-9-23;21-12-17-10-16-9-15(11-18(23)19(16)26-17)13-1-3-14(4-2-13)20(24)22-5-7-25-8-6-22;9-7-3-1-6(5-10-7)2-4-8(11)12;2-1-3;2-1(3)4/h1-8,13-14,16,23,33H,9-12,15,17H2,(H2,29,30)(H,31,34);4-7,12,14,19H,3,8-11,13H2,1-2H3;1-4,9,11,17,23H,5-8,10,12,21H2;1-5H,(H2,9,10)(H,11,12);1H2;/b6-1+;;;4-2+;;. The molecule has 6 aliphatic rings. The Labute approximate surface area is 667 Å². The second-order valence-corrected chi connectivity index (χ2v) is 32.4. The number of aromatic nitrogens is 2. The van der Waals surface area contributed by atoms with Gasteiger partial charge in [-0.3, -0.25) is 19.2 Å². The number of carboxylic acids is 1. The van der Waals surface area contributed by atoms with Crippen LogP contribution in [0.2, 0.25) is 0 Å². The Morgan fingerprint density at radius 3 is 1.38 bits per heavy atom. The number of hydrogen-bond donors (Lipinski definition) is 7. The van der Waals surface area contributed by atoms with Crippen LogP contribution in [-0.2, 0) is 43.1 Å². The van der Waals surface area contributed by atoms with Gasteiger partial charge in [0, 0.05) is 123 Å². The second kappa shape index (κ2) is 42.1. The van der Waals surface area contributed by atoms with Gasteiger partial charge in [-0.25, -0.2) is 14.8 Å². The summed E-state index contributed by atoms with van der Waals surface area (Å²) in [7, 11) is 1.67. The zero-order valence-electron chi connectivity index (χ0n) is 60.0.